The van der Waals surface area contributed by atoms with E-state index in [-0.39, 0.29) is 11.8 Å². The summed E-state index contributed by atoms with van der Waals surface area (Å²) in [5.74, 6) is 0.846. The van der Waals surface area contributed by atoms with Gasteiger partial charge in [0, 0.05) is 11.8 Å². The maximum Gasteiger partial charge on any atom is 0.341 e. The molecule has 0 saturated heterocycles. The van der Waals surface area contributed by atoms with Crippen LogP contribution in [0.25, 0.3) is 0 Å². The van der Waals surface area contributed by atoms with Gasteiger partial charge in [0.25, 0.3) is 0 Å². The SMILES string of the molecule is O=C(OC1C2CC(C3CCCC32)C1OC(=O)c1ccoc1)c1ccoc1. The van der Waals surface area contributed by atoms with E-state index in [4.69, 9.17) is 18.3 Å². The Morgan fingerprint density at radius 2 is 1.31 bits per heavy atom. The van der Waals surface area contributed by atoms with Crippen molar-refractivity contribution < 1.29 is 27.9 Å². The van der Waals surface area contributed by atoms with Crippen LogP contribution in [0.1, 0.15) is 46.4 Å². The Morgan fingerprint density at radius 3 is 1.73 bits per heavy atom. The van der Waals surface area contributed by atoms with Gasteiger partial charge in [-0.2, -0.15) is 0 Å². The van der Waals surface area contributed by atoms with Crippen LogP contribution in [0.4, 0.5) is 0 Å². The maximum atomic E-state index is 12.5. The number of furan rings is 2. The second-order valence-corrected chi connectivity index (χ2v) is 7.59. The standard InChI is InChI=1S/C20H20O6/c21-19(11-4-6-23-9-11)25-17-15-8-16(14-3-1-2-13(14)15)18(17)26-20(22)12-5-7-24-10-12/h4-7,9-10,13-18H,1-3,8H2. The number of rotatable bonds is 4. The lowest BCUT2D eigenvalue weighted by atomic mass is 9.78. The summed E-state index contributed by atoms with van der Waals surface area (Å²) in [5, 5.41) is 0. The molecular formula is C20H20O6. The second kappa shape index (κ2) is 6.04. The maximum absolute atomic E-state index is 12.5. The van der Waals surface area contributed by atoms with E-state index in [1.807, 2.05) is 0 Å². The molecule has 0 spiro atoms. The van der Waals surface area contributed by atoms with Crippen molar-refractivity contribution in [3.05, 3.63) is 48.3 Å². The average molecular weight is 356 g/mol. The van der Waals surface area contributed by atoms with Crippen LogP contribution >= 0.6 is 0 Å². The van der Waals surface area contributed by atoms with E-state index >= 15 is 0 Å². The summed E-state index contributed by atoms with van der Waals surface area (Å²) in [6.45, 7) is 0. The van der Waals surface area contributed by atoms with Crippen LogP contribution in [0.2, 0.25) is 0 Å². The highest BCUT2D eigenvalue weighted by Gasteiger charge is 2.62. The quantitative estimate of drug-likeness (QED) is 0.778. The molecule has 6 unspecified atom stereocenters. The lowest BCUT2D eigenvalue weighted by molar-refractivity contribution is -0.0767. The zero-order valence-electron chi connectivity index (χ0n) is 14.2. The molecule has 26 heavy (non-hydrogen) atoms. The monoisotopic (exact) mass is 356 g/mol. The van der Waals surface area contributed by atoms with E-state index in [9.17, 15) is 9.59 Å². The van der Waals surface area contributed by atoms with Gasteiger partial charge in [0.1, 0.15) is 24.7 Å². The van der Waals surface area contributed by atoms with E-state index in [2.05, 4.69) is 0 Å². The molecule has 6 atom stereocenters. The zero-order chi connectivity index (χ0) is 17.7. The van der Waals surface area contributed by atoms with Gasteiger partial charge in [-0.05, 0) is 43.2 Å². The van der Waals surface area contributed by atoms with E-state index in [0.717, 1.165) is 6.42 Å². The van der Waals surface area contributed by atoms with Crippen molar-refractivity contribution in [3.63, 3.8) is 0 Å². The first-order valence-corrected chi connectivity index (χ1v) is 9.19. The molecule has 2 aromatic rings. The number of fused-ring (bicyclic) bond motifs is 5. The number of carbonyl (C=O) groups excluding carboxylic acids is 2. The predicted molar refractivity (Wildman–Crippen MR) is 88.3 cm³/mol. The summed E-state index contributed by atoms with van der Waals surface area (Å²) in [4.78, 5) is 24.9. The molecule has 6 nitrogen and oxygen atoms in total. The van der Waals surface area contributed by atoms with Gasteiger partial charge in [-0.1, -0.05) is 6.42 Å². The van der Waals surface area contributed by atoms with Gasteiger partial charge < -0.3 is 18.3 Å². The lowest BCUT2D eigenvalue weighted by Crippen LogP contribution is -2.45. The Kier molecular flexibility index (Phi) is 3.65. The Morgan fingerprint density at radius 1 is 0.808 bits per heavy atom. The molecule has 5 rings (SSSR count). The van der Waals surface area contributed by atoms with Crippen LogP contribution in [0.3, 0.4) is 0 Å². The third-order valence-electron chi connectivity index (χ3n) is 6.44. The van der Waals surface area contributed by atoms with E-state index in [0.29, 0.717) is 23.0 Å². The minimum Gasteiger partial charge on any atom is -0.472 e. The van der Waals surface area contributed by atoms with Crippen LogP contribution in [-0.4, -0.2) is 24.1 Å². The van der Waals surface area contributed by atoms with E-state index < -0.39 is 24.1 Å². The topological polar surface area (TPSA) is 78.9 Å². The van der Waals surface area contributed by atoms with Gasteiger partial charge in [0.2, 0.25) is 0 Å². The van der Waals surface area contributed by atoms with Gasteiger partial charge in [0.15, 0.2) is 0 Å². The molecule has 6 heteroatoms. The van der Waals surface area contributed by atoms with Gasteiger partial charge in [-0.3, -0.25) is 0 Å². The van der Waals surface area contributed by atoms with E-state index in [1.54, 1.807) is 12.1 Å². The number of ether oxygens (including phenoxy) is 2. The molecule has 136 valence electrons. The fraction of sp³-hybridized carbons (Fsp3) is 0.500. The minimum atomic E-state index is -0.421. The first-order valence-electron chi connectivity index (χ1n) is 9.19. The number of hydrogen-bond acceptors (Lipinski definition) is 6. The van der Waals surface area contributed by atoms with Crippen molar-refractivity contribution in [1.82, 2.24) is 0 Å². The van der Waals surface area contributed by atoms with Crippen LogP contribution in [0, 0.1) is 23.7 Å². The Bertz CT molecular complexity index is 726. The molecule has 2 aromatic heterocycles. The molecule has 3 aliphatic rings. The third kappa shape index (κ3) is 2.39. The second-order valence-electron chi connectivity index (χ2n) is 7.59. The molecule has 2 bridgehead atoms. The molecule has 3 aliphatic carbocycles. The van der Waals surface area contributed by atoms with Gasteiger partial charge >= 0.3 is 11.9 Å². The summed E-state index contributed by atoms with van der Waals surface area (Å²) >= 11 is 0. The molecule has 0 N–H and O–H groups in total. The number of carbonyl (C=O) groups is 2. The highest BCUT2D eigenvalue weighted by molar-refractivity contribution is 5.90. The highest BCUT2D eigenvalue weighted by Crippen LogP contribution is 2.60. The summed E-state index contributed by atoms with van der Waals surface area (Å²) < 4.78 is 21.6. The van der Waals surface area contributed by atoms with E-state index in [1.165, 1.54) is 44.3 Å². The normalized spacial score (nSPS) is 34.6. The first kappa shape index (κ1) is 15.7. The number of hydrogen-bond donors (Lipinski definition) is 0. The van der Waals surface area contributed by atoms with Crippen molar-refractivity contribution in [2.24, 2.45) is 23.7 Å². The zero-order valence-corrected chi connectivity index (χ0v) is 14.2. The van der Waals surface area contributed by atoms with Crippen molar-refractivity contribution in [1.29, 1.82) is 0 Å². The van der Waals surface area contributed by atoms with Crippen LogP contribution < -0.4 is 0 Å². The van der Waals surface area contributed by atoms with Crippen molar-refractivity contribution in [3.8, 4) is 0 Å². The Labute approximate surface area is 150 Å². The van der Waals surface area contributed by atoms with Crippen LogP contribution in [0.5, 0.6) is 0 Å². The molecule has 0 aliphatic heterocycles. The molecule has 0 aromatic carbocycles. The number of esters is 2. The van der Waals surface area contributed by atoms with Crippen molar-refractivity contribution >= 4 is 11.9 Å². The third-order valence-corrected chi connectivity index (χ3v) is 6.44. The summed E-state index contributed by atoms with van der Waals surface area (Å²) in [6.07, 6.45) is 9.37. The van der Waals surface area contributed by atoms with Gasteiger partial charge in [-0.15, -0.1) is 0 Å². The molecule has 3 saturated carbocycles. The van der Waals surface area contributed by atoms with Crippen LogP contribution in [0.15, 0.2) is 46.0 Å². The molecule has 0 radical (unpaired) electrons. The fourth-order valence-electron chi connectivity index (χ4n) is 5.44. The van der Waals surface area contributed by atoms with Crippen molar-refractivity contribution in [2.45, 2.75) is 37.9 Å². The van der Waals surface area contributed by atoms with Gasteiger partial charge in [0.05, 0.1) is 23.7 Å². The largest absolute Gasteiger partial charge is 0.472 e. The minimum absolute atomic E-state index is 0.269. The molecular weight excluding hydrogens is 336 g/mol. The summed E-state index contributed by atoms with van der Waals surface area (Å²) in [7, 11) is 0. The molecule has 0 amide bonds. The van der Waals surface area contributed by atoms with Crippen molar-refractivity contribution in [2.75, 3.05) is 0 Å². The predicted octanol–water partition coefficient (Wildman–Crippen LogP) is 3.69. The molecule has 2 heterocycles. The van der Waals surface area contributed by atoms with Crippen LogP contribution in [-0.2, 0) is 9.47 Å². The first-order chi connectivity index (χ1) is 12.7. The summed E-state index contributed by atoms with van der Waals surface area (Å²) in [5.41, 5.74) is 0.770. The average Bonchev–Trinajstić information content (AvgIpc) is 3.40. The molecule has 3 fully saturated rings. The highest BCUT2D eigenvalue weighted by atomic mass is 16.6. The lowest BCUT2D eigenvalue weighted by Gasteiger charge is -2.37. The fourth-order valence-corrected chi connectivity index (χ4v) is 5.44. The summed E-state index contributed by atoms with van der Waals surface area (Å²) in [6, 6.07) is 3.17. The van der Waals surface area contributed by atoms with Gasteiger partial charge in [-0.25, -0.2) is 9.59 Å². The Hall–Kier alpha value is -2.50. The smallest absolute Gasteiger partial charge is 0.341 e. The Balaban J connectivity index is 1.39.